The minimum atomic E-state index is -0.223. The van der Waals surface area contributed by atoms with Gasteiger partial charge in [0.2, 0.25) is 5.91 Å². The summed E-state index contributed by atoms with van der Waals surface area (Å²) in [6.45, 7) is 7.30. The number of piperidine rings is 1. The molecule has 6 nitrogen and oxygen atoms in total. The van der Waals surface area contributed by atoms with Gasteiger partial charge in [-0.05, 0) is 46.1 Å². The van der Waals surface area contributed by atoms with Crippen LogP contribution in [-0.4, -0.2) is 38.3 Å². The first-order valence-corrected chi connectivity index (χ1v) is 8.28. The van der Waals surface area contributed by atoms with Gasteiger partial charge < -0.3 is 9.42 Å². The number of hydrogen-bond acceptors (Lipinski definition) is 4. The average molecular weight is 316 g/mol. The largest absolute Gasteiger partial charge is 0.361 e. The molecule has 0 saturated carbocycles. The highest BCUT2D eigenvalue weighted by molar-refractivity contribution is 5.84. The van der Waals surface area contributed by atoms with Gasteiger partial charge in [0.1, 0.15) is 5.76 Å². The Labute approximate surface area is 136 Å². The number of aryl methyl sites for hydroxylation is 2. The van der Waals surface area contributed by atoms with Crippen molar-refractivity contribution in [2.45, 2.75) is 58.5 Å². The topological polar surface area (TPSA) is 64.2 Å². The first-order chi connectivity index (χ1) is 11.1. The third kappa shape index (κ3) is 3.16. The lowest BCUT2D eigenvalue weighted by Crippen LogP contribution is -2.47. The highest BCUT2D eigenvalue weighted by Crippen LogP contribution is 2.28. The predicted octanol–water partition coefficient (Wildman–Crippen LogP) is 2.67. The molecule has 124 valence electrons. The molecule has 2 aromatic rings. The van der Waals surface area contributed by atoms with E-state index in [4.69, 9.17) is 4.52 Å². The second kappa shape index (κ2) is 6.56. The van der Waals surface area contributed by atoms with E-state index in [9.17, 15) is 4.79 Å². The Hall–Kier alpha value is -2.11. The maximum Gasteiger partial charge on any atom is 0.230 e. The third-order valence-electron chi connectivity index (χ3n) is 4.76. The molecule has 1 amide bonds. The molecule has 0 aliphatic carbocycles. The lowest BCUT2D eigenvalue weighted by Gasteiger charge is -2.37. The smallest absolute Gasteiger partial charge is 0.230 e. The van der Waals surface area contributed by atoms with Crippen LogP contribution in [-0.2, 0) is 11.3 Å². The summed E-state index contributed by atoms with van der Waals surface area (Å²) in [5.74, 6) is 0.680. The molecule has 1 saturated heterocycles. The number of likely N-dealkylation sites (tertiary alicyclic amines) is 1. The van der Waals surface area contributed by atoms with Crippen LogP contribution in [0.1, 0.15) is 49.1 Å². The highest BCUT2D eigenvalue weighted by Gasteiger charge is 2.32. The molecule has 3 heterocycles. The molecule has 2 atom stereocenters. The van der Waals surface area contributed by atoms with Crippen molar-refractivity contribution in [2.75, 3.05) is 6.54 Å². The van der Waals surface area contributed by atoms with Crippen molar-refractivity contribution in [3.63, 3.8) is 0 Å². The Balaban J connectivity index is 1.78. The summed E-state index contributed by atoms with van der Waals surface area (Å²) >= 11 is 0. The van der Waals surface area contributed by atoms with Gasteiger partial charge in [0.05, 0.1) is 24.2 Å². The van der Waals surface area contributed by atoms with Gasteiger partial charge in [0.25, 0.3) is 0 Å². The van der Waals surface area contributed by atoms with Gasteiger partial charge in [-0.25, -0.2) is 0 Å². The molecule has 6 heteroatoms. The van der Waals surface area contributed by atoms with E-state index >= 15 is 0 Å². The monoisotopic (exact) mass is 316 g/mol. The standard InChI is InChI=1S/C17H24N4O2/c1-12(16-13(2)19-23-14(16)3)17(22)21-10-5-4-7-15(21)11-20-9-6-8-18-20/h6,8-9,12,15H,4-5,7,10-11H2,1-3H3. The summed E-state index contributed by atoms with van der Waals surface area (Å²) < 4.78 is 7.14. The van der Waals surface area contributed by atoms with Crippen molar-refractivity contribution in [3.8, 4) is 0 Å². The highest BCUT2D eigenvalue weighted by atomic mass is 16.5. The predicted molar refractivity (Wildman–Crippen MR) is 86.0 cm³/mol. The van der Waals surface area contributed by atoms with Crippen LogP contribution in [0.5, 0.6) is 0 Å². The number of nitrogens with zero attached hydrogens (tertiary/aromatic N) is 4. The summed E-state index contributed by atoms with van der Waals surface area (Å²) in [6, 6.07) is 2.13. The van der Waals surface area contributed by atoms with Gasteiger partial charge in [0.15, 0.2) is 0 Å². The van der Waals surface area contributed by atoms with Crippen molar-refractivity contribution in [2.24, 2.45) is 0 Å². The van der Waals surface area contributed by atoms with Crippen LogP contribution < -0.4 is 0 Å². The van der Waals surface area contributed by atoms with Gasteiger partial charge in [0, 0.05) is 24.5 Å². The molecule has 3 rings (SSSR count). The van der Waals surface area contributed by atoms with Crippen LogP contribution in [0.2, 0.25) is 0 Å². The Kier molecular flexibility index (Phi) is 4.50. The Morgan fingerprint density at radius 3 is 2.91 bits per heavy atom. The van der Waals surface area contributed by atoms with E-state index < -0.39 is 0 Å². The Morgan fingerprint density at radius 2 is 2.26 bits per heavy atom. The van der Waals surface area contributed by atoms with E-state index in [1.807, 2.05) is 42.6 Å². The molecule has 0 radical (unpaired) electrons. The molecule has 1 aliphatic heterocycles. The fraction of sp³-hybridized carbons (Fsp3) is 0.588. The van der Waals surface area contributed by atoms with Crippen LogP contribution in [0.3, 0.4) is 0 Å². The molecular formula is C17H24N4O2. The molecule has 0 aromatic carbocycles. The second-order valence-electron chi connectivity index (χ2n) is 6.37. The molecule has 0 bridgehead atoms. The summed E-state index contributed by atoms with van der Waals surface area (Å²) in [5.41, 5.74) is 1.74. The van der Waals surface area contributed by atoms with Crippen LogP contribution in [0.25, 0.3) is 0 Å². The van der Waals surface area contributed by atoms with Crippen molar-refractivity contribution < 1.29 is 9.32 Å². The Bertz CT molecular complexity index is 643. The van der Waals surface area contributed by atoms with E-state index in [2.05, 4.69) is 10.3 Å². The fourth-order valence-electron chi connectivity index (χ4n) is 3.59. The van der Waals surface area contributed by atoms with E-state index in [-0.39, 0.29) is 17.9 Å². The van der Waals surface area contributed by atoms with Gasteiger partial charge in [-0.2, -0.15) is 5.10 Å². The van der Waals surface area contributed by atoms with Gasteiger partial charge >= 0.3 is 0 Å². The summed E-state index contributed by atoms with van der Waals surface area (Å²) in [6.07, 6.45) is 6.99. The van der Waals surface area contributed by atoms with E-state index in [1.165, 1.54) is 0 Å². The van der Waals surface area contributed by atoms with E-state index in [1.54, 1.807) is 6.20 Å². The lowest BCUT2D eigenvalue weighted by molar-refractivity contribution is -0.136. The molecule has 0 spiro atoms. The Morgan fingerprint density at radius 1 is 1.43 bits per heavy atom. The second-order valence-corrected chi connectivity index (χ2v) is 6.37. The van der Waals surface area contributed by atoms with Gasteiger partial charge in [-0.1, -0.05) is 5.16 Å². The number of carbonyl (C=O) groups excluding carboxylic acids is 1. The zero-order valence-corrected chi connectivity index (χ0v) is 14.0. The lowest BCUT2D eigenvalue weighted by atomic mass is 9.94. The third-order valence-corrected chi connectivity index (χ3v) is 4.76. The SMILES string of the molecule is Cc1noc(C)c1C(C)C(=O)N1CCCCC1Cn1cccn1. The van der Waals surface area contributed by atoms with Crippen molar-refractivity contribution in [1.29, 1.82) is 0 Å². The van der Waals surface area contributed by atoms with E-state index in [0.717, 1.165) is 49.4 Å². The summed E-state index contributed by atoms with van der Waals surface area (Å²) in [5, 5.41) is 8.27. The minimum absolute atomic E-state index is 0.163. The number of rotatable bonds is 4. The van der Waals surface area contributed by atoms with Crippen LogP contribution in [0, 0.1) is 13.8 Å². The first kappa shape index (κ1) is 15.8. The summed E-state index contributed by atoms with van der Waals surface area (Å²) in [7, 11) is 0. The molecule has 2 aromatic heterocycles. The normalized spacial score (nSPS) is 19.8. The number of hydrogen-bond donors (Lipinski definition) is 0. The molecule has 1 aliphatic rings. The zero-order valence-electron chi connectivity index (χ0n) is 14.0. The van der Waals surface area contributed by atoms with Gasteiger partial charge in [-0.15, -0.1) is 0 Å². The molecule has 0 N–H and O–H groups in total. The molecule has 23 heavy (non-hydrogen) atoms. The minimum Gasteiger partial charge on any atom is -0.361 e. The number of aromatic nitrogens is 3. The maximum absolute atomic E-state index is 13.1. The molecule has 1 fully saturated rings. The van der Waals surface area contributed by atoms with Crippen molar-refractivity contribution >= 4 is 5.91 Å². The van der Waals surface area contributed by atoms with Gasteiger partial charge in [-0.3, -0.25) is 9.48 Å². The van der Waals surface area contributed by atoms with Crippen molar-refractivity contribution in [1.82, 2.24) is 19.8 Å². The fourth-order valence-corrected chi connectivity index (χ4v) is 3.59. The van der Waals surface area contributed by atoms with Crippen LogP contribution >= 0.6 is 0 Å². The quantitative estimate of drug-likeness (QED) is 0.870. The van der Waals surface area contributed by atoms with Crippen LogP contribution in [0.4, 0.5) is 0 Å². The summed E-state index contributed by atoms with van der Waals surface area (Å²) in [4.78, 5) is 15.1. The first-order valence-electron chi connectivity index (χ1n) is 8.28. The number of carbonyl (C=O) groups is 1. The maximum atomic E-state index is 13.1. The molecular weight excluding hydrogens is 292 g/mol. The number of amides is 1. The molecule has 2 unspecified atom stereocenters. The average Bonchev–Trinajstić information content (AvgIpc) is 3.17. The van der Waals surface area contributed by atoms with Crippen molar-refractivity contribution in [3.05, 3.63) is 35.5 Å². The zero-order chi connectivity index (χ0) is 16.4. The van der Waals surface area contributed by atoms with Crippen LogP contribution in [0.15, 0.2) is 23.0 Å². The van der Waals surface area contributed by atoms with E-state index in [0.29, 0.717) is 0 Å².